The third-order valence-electron chi connectivity index (χ3n) is 4.00. The van der Waals surface area contributed by atoms with E-state index in [0.717, 1.165) is 16.3 Å². The molecule has 0 bridgehead atoms. The van der Waals surface area contributed by atoms with Crippen molar-refractivity contribution in [1.29, 1.82) is 0 Å². The first-order valence-corrected chi connectivity index (χ1v) is 8.24. The number of carboxylic acids is 1. The van der Waals surface area contributed by atoms with Crippen LogP contribution in [0, 0.1) is 0 Å². The lowest BCUT2D eigenvalue weighted by molar-refractivity contribution is -0.138. The van der Waals surface area contributed by atoms with Gasteiger partial charge in [-0.15, -0.1) is 0 Å². The molecule has 0 saturated carbocycles. The molecule has 6 heteroatoms. The molecule has 2 aromatic rings. The van der Waals surface area contributed by atoms with Crippen LogP contribution in [-0.4, -0.2) is 47.4 Å². The van der Waals surface area contributed by atoms with Gasteiger partial charge in [-0.25, -0.2) is 0 Å². The van der Waals surface area contributed by atoms with Gasteiger partial charge in [0, 0.05) is 13.1 Å². The number of aliphatic carboxylic acids is 1. The van der Waals surface area contributed by atoms with Gasteiger partial charge in [-0.2, -0.15) is 0 Å². The molecule has 0 atom stereocenters. The number of hydrogen-bond acceptors (Lipinski definition) is 3. The molecule has 2 aromatic carbocycles. The van der Waals surface area contributed by atoms with E-state index in [2.05, 4.69) is 5.32 Å². The van der Waals surface area contributed by atoms with Crippen LogP contribution in [0.15, 0.2) is 42.5 Å². The number of nitrogens with one attached hydrogen (secondary N) is 1. The van der Waals surface area contributed by atoms with Crippen molar-refractivity contribution in [3.05, 3.63) is 48.0 Å². The summed E-state index contributed by atoms with van der Waals surface area (Å²) >= 11 is 0. The van der Waals surface area contributed by atoms with Crippen LogP contribution in [0.3, 0.4) is 0 Å². The Morgan fingerprint density at radius 2 is 1.80 bits per heavy atom. The van der Waals surface area contributed by atoms with Crippen LogP contribution in [0.2, 0.25) is 0 Å². The fourth-order valence-corrected chi connectivity index (χ4v) is 2.66. The van der Waals surface area contributed by atoms with Gasteiger partial charge in [0.25, 0.3) is 0 Å². The molecule has 0 heterocycles. The minimum Gasteiger partial charge on any atom is -0.481 e. The van der Waals surface area contributed by atoms with Crippen molar-refractivity contribution >= 4 is 28.6 Å². The fourth-order valence-electron chi connectivity index (χ4n) is 2.66. The second kappa shape index (κ2) is 8.82. The van der Waals surface area contributed by atoms with Crippen LogP contribution in [0.4, 0.5) is 0 Å². The minimum atomic E-state index is -0.953. The number of amides is 2. The molecule has 0 radical (unpaired) electrons. The summed E-state index contributed by atoms with van der Waals surface area (Å²) in [4.78, 5) is 36.3. The van der Waals surface area contributed by atoms with E-state index in [4.69, 9.17) is 5.11 Å². The molecule has 0 aromatic heterocycles. The van der Waals surface area contributed by atoms with Crippen molar-refractivity contribution in [2.24, 2.45) is 0 Å². The largest absolute Gasteiger partial charge is 0.481 e. The summed E-state index contributed by atoms with van der Waals surface area (Å²) in [6.45, 7) is 2.20. The van der Waals surface area contributed by atoms with Gasteiger partial charge in [0.15, 0.2) is 0 Å². The highest BCUT2D eigenvalue weighted by molar-refractivity contribution is 5.91. The van der Waals surface area contributed by atoms with Crippen molar-refractivity contribution in [2.45, 2.75) is 19.8 Å². The average Bonchev–Trinajstić information content (AvgIpc) is 2.60. The lowest BCUT2D eigenvalue weighted by Crippen LogP contribution is -2.41. The summed E-state index contributed by atoms with van der Waals surface area (Å²) in [6, 6.07) is 13.6. The number of hydrogen-bond donors (Lipinski definition) is 2. The van der Waals surface area contributed by atoms with Crippen molar-refractivity contribution in [3.8, 4) is 0 Å². The molecule has 0 aliphatic heterocycles. The van der Waals surface area contributed by atoms with Gasteiger partial charge < -0.3 is 15.3 Å². The van der Waals surface area contributed by atoms with Gasteiger partial charge >= 0.3 is 5.97 Å². The van der Waals surface area contributed by atoms with E-state index < -0.39 is 5.97 Å². The van der Waals surface area contributed by atoms with Gasteiger partial charge in [0.05, 0.1) is 19.4 Å². The van der Waals surface area contributed by atoms with Crippen molar-refractivity contribution in [1.82, 2.24) is 10.2 Å². The Morgan fingerprint density at radius 3 is 2.52 bits per heavy atom. The zero-order valence-electron chi connectivity index (χ0n) is 14.2. The first-order valence-electron chi connectivity index (χ1n) is 8.24. The molecule has 0 spiro atoms. The van der Waals surface area contributed by atoms with Gasteiger partial charge in [-0.1, -0.05) is 42.5 Å². The maximum atomic E-state index is 12.2. The predicted molar refractivity (Wildman–Crippen MR) is 95.2 cm³/mol. The standard InChI is InChI=1S/C19H22N2O4/c1-2-21(11-10-19(24)25)18(23)13-20-17(22)12-15-8-5-7-14-6-3-4-9-16(14)15/h3-9H,2,10-13H2,1H3,(H,20,22)(H,24,25). The van der Waals surface area contributed by atoms with Gasteiger partial charge in [-0.3, -0.25) is 14.4 Å². The summed E-state index contributed by atoms with van der Waals surface area (Å²) in [5.74, 6) is -1.47. The lowest BCUT2D eigenvalue weighted by atomic mass is 10.0. The molecule has 0 fully saturated rings. The average molecular weight is 342 g/mol. The SMILES string of the molecule is CCN(CCC(=O)O)C(=O)CNC(=O)Cc1cccc2ccccc12. The van der Waals surface area contributed by atoms with Crippen molar-refractivity contribution in [2.75, 3.05) is 19.6 Å². The number of nitrogens with zero attached hydrogens (tertiary/aromatic N) is 1. The zero-order valence-corrected chi connectivity index (χ0v) is 14.2. The van der Waals surface area contributed by atoms with E-state index in [0.29, 0.717) is 6.54 Å². The first-order chi connectivity index (χ1) is 12.0. The number of carbonyl (C=O) groups is 3. The Kier molecular flexibility index (Phi) is 6.51. The predicted octanol–water partition coefficient (Wildman–Crippen LogP) is 1.82. The number of likely N-dealkylation sites (N-methyl/N-ethyl adjacent to an activating group) is 1. The quantitative estimate of drug-likeness (QED) is 0.766. The third kappa shape index (κ3) is 5.31. The molecule has 0 saturated heterocycles. The molecule has 2 amide bonds. The van der Waals surface area contributed by atoms with E-state index in [-0.39, 0.29) is 37.7 Å². The zero-order chi connectivity index (χ0) is 18.2. The van der Waals surface area contributed by atoms with Crippen molar-refractivity contribution < 1.29 is 19.5 Å². The second-order valence-corrected chi connectivity index (χ2v) is 5.71. The Hall–Kier alpha value is -2.89. The maximum absolute atomic E-state index is 12.2. The molecular formula is C19H22N2O4. The van der Waals surface area contributed by atoms with E-state index in [9.17, 15) is 14.4 Å². The summed E-state index contributed by atoms with van der Waals surface area (Å²) in [5, 5.41) is 13.4. The van der Waals surface area contributed by atoms with Crippen LogP contribution in [-0.2, 0) is 20.8 Å². The second-order valence-electron chi connectivity index (χ2n) is 5.71. The van der Waals surface area contributed by atoms with Crippen LogP contribution in [0.25, 0.3) is 10.8 Å². The molecule has 0 unspecified atom stereocenters. The normalized spacial score (nSPS) is 10.4. The highest BCUT2D eigenvalue weighted by Crippen LogP contribution is 2.18. The van der Waals surface area contributed by atoms with E-state index in [1.807, 2.05) is 42.5 Å². The molecular weight excluding hydrogens is 320 g/mol. The maximum Gasteiger partial charge on any atom is 0.305 e. The Bertz CT molecular complexity index is 768. The third-order valence-corrected chi connectivity index (χ3v) is 4.00. The van der Waals surface area contributed by atoms with Crippen LogP contribution >= 0.6 is 0 Å². The van der Waals surface area contributed by atoms with Gasteiger partial charge in [0.1, 0.15) is 0 Å². The smallest absolute Gasteiger partial charge is 0.305 e. The topological polar surface area (TPSA) is 86.7 Å². The summed E-state index contributed by atoms with van der Waals surface area (Å²) in [5.41, 5.74) is 0.904. The monoisotopic (exact) mass is 342 g/mol. The molecule has 0 aliphatic rings. The lowest BCUT2D eigenvalue weighted by Gasteiger charge is -2.20. The molecule has 2 rings (SSSR count). The van der Waals surface area contributed by atoms with Crippen LogP contribution in [0.5, 0.6) is 0 Å². The summed E-state index contributed by atoms with van der Waals surface area (Å²) < 4.78 is 0. The molecule has 6 nitrogen and oxygen atoms in total. The number of carbonyl (C=O) groups excluding carboxylic acids is 2. The summed E-state index contributed by atoms with van der Waals surface area (Å²) in [7, 11) is 0. The Labute approximate surface area is 146 Å². The number of rotatable bonds is 8. The number of carboxylic acid groups (broad SMARTS) is 1. The first kappa shape index (κ1) is 18.4. The molecule has 2 N–H and O–H groups in total. The van der Waals surface area contributed by atoms with Gasteiger partial charge in [-0.05, 0) is 23.3 Å². The van der Waals surface area contributed by atoms with E-state index in [1.54, 1.807) is 6.92 Å². The Morgan fingerprint density at radius 1 is 1.08 bits per heavy atom. The van der Waals surface area contributed by atoms with Crippen LogP contribution < -0.4 is 5.32 Å². The van der Waals surface area contributed by atoms with Crippen molar-refractivity contribution in [3.63, 3.8) is 0 Å². The van der Waals surface area contributed by atoms with Crippen LogP contribution in [0.1, 0.15) is 18.9 Å². The Balaban J connectivity index is 1.91. The highest BCUT2D eigenvalue weighted by Gasteiger charge is 2.14. The van der Waals surface area contributed by atoms with E-state index in [1.165, 1.54) is 4.90 Å². The number of benzene rings is 2. The number of fused-ring (bicyclic) bond motifs is 1. The highest BCUT2D eigenvalue weighted by atomic mass is 16.4. The minimum absolute atomic E-state index is 0.108. The fraction of sp³-hybridized carbons (Fsp3) is 0.316. The summed E-state index contributed by atoms with van der Waals surface area (Å²) in [6.07, 6.45) is 0.0828. The molecule has 132 valence electrons. The van der Waals surface area contributed by atoms with Gasteiger partial charge in [0.2, 0.25) is 11.8 Å². The van der Waals surface area contributed by atoms with E-state index >= 15 is 0 Å². The molecule has 0 aliphatic carbocycles. The molecule has 25 heavy (non-hydrogen) atoms.